The van der Waals surface area contributed by atoms with Crippen LogP contribution < -0.4 is 5.32 Å². The van der Waals surface area contributed by atoms with E-state index in [9.17, 15) is 23.5 Å². The van der Waals surface area contributed by atoms with Gasteiger partial charge in [-0.1, -0.05) is 6.92 Å². The summed E-state index contributed by atoms with van der Waals surface area (Å²) >= 11 is 0. The Labute approximate surface area is 133 Å². The zero-order valence-corrected chi connectivity index (χ0v) is 13.1. The van der Waals surface area contributed by atoms with E-state index < -0.39 is 41.0 Å². The molecule has 0 aliphatic heterocycles. The number of hydrogen-bond acceptors (Lipinski definition) is 5. The second kappa shape index (κ2) is 9.32. The van der Waals surface area contributed by atoms with Crippen molar-refractivity contribution in [3.8, 4) is 0 Å². The second-order valence-corrected chi connectivity index (χ2v) is 5.00. The standard InChI is InChI=1S/C16H21F2NO4/c1-3-11(9-20)19-14(8-15(21)23-4-2)16(22)12-7-10(17)5-6-13(12)18/h5-7,11,14,19-20H,3-4,8-9H2,1-2H3. The summed E-state index contributed by atoms with van der Waals surface area (Å²) in [6, 6.07) is 0.991. The second-order valence-electron chi connectivity index (χ2n) is 5.00. The molecule has 0 bridgehead atoms. The van der Waals surface area contributed by atoms with E-state index in [2.05, 4.69) is 5.32 Å². The van der Waals surface area contributed by atoms with Crippen molar-refractivity contribution in [3.63, 3.8) is 0 Å². The molecular formula is C16H21F2NO4. The monoisotopic (exact) mass is 329 g/mol. The molecule has 7 heteroatoms. The Kier molecular flexibility index (Phi) is 7.77. The predicted octanol–water partition coefficient (Wildman–Crippen LogP) is 1.83. The third-order valence-corrected chi connectivity index (χ3v) is 3.34. The summed E-state index contributed by atoms with van der Waals surface area (Å²) in [5.74, 6) is -3.02. The summed E-state index contributed by atoms with van der Waals surface area (Å²) in [5.41, 5.74) is -0.445. The fourth-order valence-electron chi connectivity index (χ4n) is 2.07. The molecule has 0 amide bonds. The molecule has 23 heavy (non-hydrogen) atoms. The van der Waals surface area contributed by atoms with Crippen LogP contribution in [0.15, 0.2) is 18.2 Å². The average Bonchev–Trinajstić information content (AvgIpc) is 2.53. The molecule has 0 radical (unpaired) electrons. The van der Waals surface area contributed by atoms with Gasteiger partial charge in [0.15, 0.2) is 5.78 Å². The number of nitrogens with one attached hydrogen (secondary N) is 1. The first-order valence-electron chi connectivity index (χ1n) is 7.44. The van der Waals surface area contributed by atoms with Crippen LogP contribution >= 0.6 is 0 Å². The molecule has 0 saturated heterocycles. The minimum Gasteiger partial charge on any atom is -0.466 e. The molecule has 0 saturated carbocycles. The van der Waals surface area contributed by atoms with Crippen molar-refractivity contribution in [2.75, 3.05) is 13.2 Å². The minimum absolute atomic E-state index is 0.144. The summed E-state index contributed by atoms with van der Waals surface area (Å²) in [6.07, 6.45) is 0.161. The highest BCUT2D eigenvalue weighted by Gasteiger charge is 2.28. The van der Waals surface area contributed by atoms with Crippen LogP contribution in [-0.4, -0.2) is 42.2 Å². The van der Waals surface area contributed by atoms with Gasteiger partial charge in [0.1, 0.15) is 11.6 Å². The number of halogens is 2. The molecule has 2 unspecified atom stereocenters. The first kappa shape index (κ1) is 19.2. The molecule has 128 valence electrons. The van der Waals surface area contributed by atoms with Crippen LogP contribution in [0.3, 0.4) is 0 Å². The van der Waals surface area contributed by atoms with Crippen molar-refractivity contribution in [3.05, 3.63) is 35.4 Å². The highest BCUT2D eigenvalue weighted by Crippen LogP contribution is 2.14. The SMILES string of the molecule is CCOC(=O)CC(NC(CC)CO)C(=O)c1cc(F)ccc1F. The third kappa shape index (κ3) is 5.69. The van der Waals surface area contributed by atoms with Gasteiger partial charge >= 0.3 is 5.97 Å². The number of aliphatic hydroxyl groups excluding tert-OH is 1. The number of carbonyl (C=O) groups is 2. The molecule has 0 aliphatic carbocycles. The molecule has 0 fully saturated rings. The van der Waals surface area contributed by atoms with Gasteiger partial charge in [-0.15, -0.1) is 0 Å². The molecule has 2 N–H and O–H groups in total. The zero-order valence-electron chi connectivity index (χ0n) is 13.1. The number of aliphatic hydroxyl groups is 1. The van der Waals surface area contributed by atoms with Crippen LogP contribution in [0, 0.1) is 11.6 Å². The maximum atomic E-state index is 13.8. The highest BCUT2D eigenvalue weighted by molar-refractivity contribution is 6.02. The van der Waals surface area contributed by atoms with E-state index in [1.165, 1.54) is 0 Å². The van der Waals surface area contributed by atoms with Crippen molar-refractivity contribution in [2.45, 2.75) is 38.8 Å². The summed E-state index contributed by atoms with van der Waals surface area (Å²) in [5, 5.41) is 12.0. The van der Waals surface area contributed by atoms with E-state index in [4.69, 9.17) is 4.74 Å². The maximum absolute atomic E-state index is 13.8. The first-order chi connectivity index (χ1) is 10.9. The van der Waals surface area contributed by atoms with Crippen LogP contribution in [0.1, 0.15) is 37.0 Å². The van der Waals surface area contributed by atoms with Crippen molar-refractivity contribution in [2.24, 2.45) is 0 Å². The fraction of sp³-hybridized carbons (Fsp3) is 0.500. The molecule has 1 aromatic carbocycles. The number of hydrogen-bond donors (Lipinski definition) is 2. The van der Waals surface area contributed by atoms with Gasteiger partial charge in [0.2, 0.25) is 0 Å². The maximum Gasteiger partial charge on any atom is 0.307 e. The average molecular weight is 329 g/mol. The first-order valence-corrected chi connectivity index (χ1v) is 7.44. The molecule has 2 atom stereocenters. The Morgan fingerprint density at radius 1 is 1.30 bits per heavy atom. The number of rotatable bonds is 9. The Morgan fingerprint density at radius 3 is 2.57 bits per heavy atom. The summed E-state index contributed by atoms with van der Waals surface area (Å²) < 4.78 is 31.9. The van der Waals surface area contributed by atoms with E-state index in [0.717, 1.165) is 18.2 Å². The van der Waals surface area contributed by atoms with E-state index in [1.54, 1.807) is 13.8 Å². The van der Waals surface area contributed by atoms with Crippen LogP contribution in [0.25, 0.3) is 0 Å². The number of esters is 1. The van der Waals surface area contributed by atoms with E-state index in [1.807, 2.05) is 0 Å². The molecule has 1 rings (SSSR count). The van der Waals surface area contributed by atoms with Gasteiger partial charge in [0.25, 0.3) is 0 Å². The molecule has 0 spiro atoms. The van der Waals surface area contributed by atoms with Gasteiger partial charge in [-0.05, 0) is 31.5 Å². The lowest BCUT2D eigenvalue weighted by molar-refractivity contribution is -0.143. The summed E-state index contributed by atoms with van der Waals surface area (Å²) in [4.78, 5) is 24.1. The van der Waals surface area contributed by atoms with Gasteiger partial charge in [-0.25, -0.2) is 8.78 Å². The van der Waals surface area contributed by atoms with Gasteiger partial charge in [0.05, 0.1) is 31.2 Å². The topological polar surface area (TPSA) is 75.6 Å². The van der Waals surface area contributed by atoms with Gasteiger partial charge in [0, 0.05) is 6.04 Å². The van der Waals surface area contributed by atoms with E-state index in [0.29, 0.717) is 6.42 Å². The lowest BCUT2D eigenvalue weighted by Gasteiger charge is -2.22. The summed E-state index contributed by atoms with van der Waals surface area (Å²) in [6.45, 7) is 3.29. The highest BCUT2D eigenvalue weighted by atomic mass is 19.1. The molecule has 1 aromatic rings. The number of ketones is 1. The fourth-order valence-corrected chi connectivity index (χ4v) is 2.07. The van der Waals surface area contributed by atoms with Gasteiger partial charge in [-0.2, -0.15) is 0 Å². The van der Waals surface area contributed by atoms with Crippen LogP contribution in [0.2, 0.25) is 0 Å². The van der Waals surface area contributed by atoms with Crippen molar-refractivity contribution < 1.29 is 28.2 Å². The van der Waals surface area contributed by atoms with Crippen LogP contribution in [-0.2, 0) is 9.53 Å². The molecule has 0 heterocycles. The smallest absolute Gasteiger partial charge is 0.307 e. The zero-order chi connectivity index (χ0) is 17.4. The largest absolute Gasteiger partial charge is 0.466 e. The Hall–Kier alpha value is -1.86. The number of ether oxygens (including phenoxy) is 1. The Bertz CT molecular complexity index is 547. The predicted molar refractivity (Wildman–Crippen MR) is 80.0 cm³/mol. The van der Waals surface area contributed by atoms with Crippen molar-refractivity contribution >= 4 is 11.8 Å². The van der Waals surface area contributed by atoms with Crippen molar-refractivity contribution in [1.29, 1.82) is 0 Å². The Balaban J connectivity index is 3.03. The third-order valence-electron chi connectivity index (χ3n) is 3.34. The molecule has 5 nitrogen and oxygen atoms in total. The molecule has 0 aromatic heterocycles. The lowest BCUT2D eigenvalue weighted by atomic mass is 9.99. The van der Waals surface area contributed by atoms with Gasteiger partial charge < -0.3 is 15.2 Å². The van der Waals surface area contributed by atoms with Crippen LogP contribution in [0.5, 0.6) is 0 Å². The Morgan fingerprint density at radius 2 is 2.00 bits per heavy atom. The number of carbonyl (C=O) groups excluding carboxylic acids is 2. The quantitative estimate of drug-likeness (QED) is 0.534. The molecular weight excluding hydrogens is 308 g/mol. The van der Waals surface area contributed by atoms with E-state index >= 15 is 0 Å². The normalized spacial score (nSPS) is 13.4. The van der Waals surface area contributed by atoms with Gasteiger partial charge in [-0.3, -0.25) is 9.59 Å². The van der Waals surface area contributed by atoms with Crippen LogP contribution in [0.4, 0.5) is 8.78 Å². The van der Waals surface area contributed by atoms with E-state index in [-0.39, 0.29) is 19.6 Å². The van der Waals surface area contributed by atoms with Crippen molar-refractivity contribution in [1.82, 2.24) is 5.32 Å². The lowest BCUT2D eigenvalue weighted by Crippen LogP contribution is -2.46. The number of Topliss-reactive ketones (excluding diaryl/α,β-unsaturated/α-hetero) is 1. The summed E-state index contributed by atoms with van der Waals surface area (Å²) in [7, 11) is 0. The molecule has 0 aliphatic rings. The minimum atomic E-state index is -1.11. The number of benzene rings is 1.